The maximum absolute atomic E-state index is 13.8. The molecule has 2 aromatic rings. The average molecular weight is 532 g/mol. The summed E-state index contributed by atoms with van der Waals surface area (Å²) >= 11 is 12.0. The number of para-hydroxylation sites is 1. The topological polar surface area (TPSA) is 76.2 Å². The Labute approximate surface area is 221 Å². The smallest absolute Gasteiger partial charge is 0.321 e. The minimum atomic E-state index is -0.800. The van der Waals surface area contributed by atoms with Gasteiger partial charge in [-0.15, -0.1) is 0 Å². The molecule has 192 valence electrons. The van der Waals surface area contributed by atoms with Gasteiger partial charge in [0.2, 0.25) is 5.91 Å². The van der Waals surface area contributed by atoms with E-state index in [1.165, 1.54) is 0 Å². The number of halogens is 2. The van der Waals surface area contributed by atoms with Gasteiger partial charge in [-0.05, 0) is 57.0 Å². The first kappa shape index (κ1) is 26.1. The predicted molar refractivity (Wildman–Crippen MR) is 142 cm³/mol. The molecule has 1 spiro atoms. The zero-order valence-corrected chi connectivity index (χ0v) is 22.1. The first-order valence-corrected chi connectivity index (χ1v) is 13.0. The zero-order valence-electron chi connectivity index (χ0n) is 20.5. The molecule has 1 N–H and O–H groups in total. The molecule has 0 saturated carbocycles. The second-order valence-electron chi connectivity index (χ2n) is 9.05. The number of nitrogens with zero attached hydrogens (tertiary/aromatic N) is 4. The summed E-state index contributed by atoms with van der Waals surface area (Å²) in [5, 5.41) is 3.64. The van der Waals surface area contributed by atoms with Crippen LogP contribution in [0.15, 0.2) is 48.5 Å². The quantitative estimate of drug-likeness (QED) is 0.593. The molecular formula is C26H31Cl2N5O3. The van der Waals surface area contributed by atoms with Crippen molar-refractivity contribution >= 4 is 52.4 Å². The molecule has 2 heterocycles. The van der Waals surface area contributed by atoms with Crippen molar-refractivity contribution in [2.45, 2.75) is 32.2 Å². The summed E-state index contributed by atoms with van der Waals surface area (Å²) in [6, 6.07) is 14.5. The van der Waals surface area contributed by atoms with Crippen molar-refractivity contribution in [3.8, 4) is 0 Å². The molecule has 10 heteroatoms. The molecule has 4 amide bonds. The van der Waals surface area contributed by atoms with Crippen LogP contribution < -0.4 is 10.2 Å². The number of hydrogen-bond acceptors (Lipinski definition) is 4. The van der Waals surface area contributed by atoms with Gasteiger partial charge < -0.3 is 24.9 Å². The average Bonchev–Trinajstić information content (AvgIpc) is 3.14. The number of likely N-dealkylation sites (tertiary alicyclic amines) is 1. The van der Waals surface area contributed by atoms with Crippen LogP contribution in [0.1, 0.15) is 26.7 Å². The first-order valence-electron chi connectivity index (χ1n) is 12.2. The van der Waals surface area contributed by atoms with E-state index < -0.39 is 5.54 Å². The van der Waals surface area contributed by atoms with Crippen molar-refractivity contribution in [1.29, 1.82) is 0 Å². The Bertz CT molecular complexity index is 1120. The molecule has 0 aliphatic carbocycles. The monoisotopic (exact) mass is 531 g/mol. The van der Waals surface area contributed by atoms with Crippen molar-refractivity contribution in [2.24, 2.45) is 0 Å². The molecule has 0 unspecified atom stereocenters. The van der Waals surface area contributed by atoms with Gasteiger partial charge in [-0.25, -0.2) is 4.79 Å². The Hall–Kier alpha value is -2.97. The van der Waals surface area contributed by atoms with Gasteiger partial charge in [-0.1, -0.05) is 41.4 Å². The van der Waals surface area contributed by atoms with Gasteiger partial charge in [0, 0.05) is 37.6 Å². The van der Waals surface area contributed by atoms with Crippen LogP contribution in [0.25, 0.3) is 0 Å². The highest BCUT2D eigenvalue weighted by atomic mass is 35.5. The third kappa shape index (κ3) is 5.11. The second kappa shape index (κ2) is 11.0. The largest absolute Gasteiger partial charge is 0.342 e. The van der Waals surface area contributed by atoms with Gasteiger partial charge in [0.15, 0.2) is 0 Å². The van der Waals surface area contributed by atoms with Crippen LogP contribution in [0.2, 0.25) is 10.0 Å². The lowest BCUT2D eigenvalue weighted by atomic mass is 9.85. The summed E-state index contributed by atoms with van der Waals surface area (Å²) < 4.78 is 0. The number of nitrogens with one attached hydrogen (secondary N) is 1. The number of anilines is 2. The van der Waals surface area contributed by atoms with Crippen LogP contribution in [0.3, 0.4) is 0 Å². The molecule has 36 heavy (non-hydrogen) atoms. The number of piperidine rings is 1. The van der Waals surface area contributed by atoms with E-state index in [2.05, 4.69) is 10.2 Å². The van der Waals surface area contributed by atoms with Crippen LogP contribution in [0.5, 0.6) is 0 Å². The van der Waals surface area contributed by atoms with E-state index in [9.17, 15) is 14.4 Å². The van der Waals surface area contributed by atoms with Crippen molar-refractivity contribution < 1.29 is 14.4 Å². The van der Waals surface area contributed by atoms with Crippen molar-refractivity contribution in [1.82, 2.24) is 14.7 Å². The number of hydrogen-bond donors (Lipinski definition) is 1. The summed E-state index contributed by atoms with van der Waals surface area (Å²) in [5.74, 6) is -0.117. The van der Waals surface area contributed by atoms with E-state index >= 15 is 0 Å². The number of benzene rings is 2. The van der Waals surface area contributed by atoms with Crippen LogP contribution in [0, 0.1) is 0 Å². The third-order valence-electron chi connectivity index (χ3n) is 7.07. The minimum Gasteiger partial charge on any atom is -0.342 e. The van der Waals surface area contributed by atoms with E-state index in [1.807, 2.05) is 44.2 Å². The maximum atomic E-state index is 13.8. The van der Waals surface area contributed by atoms with Crippen molar-refractivity contribution in [2.75, 3.05) is 49.6 Å². The van der Waals surface area contributed by atoms with Crippen LogP contribution in [-0.2, 0) is 9.59 Å². The van der Waals surface area contributed by atoms with Crippen LogP contribution in [0.4, 0.5) is 16.2 Å². The van der Waals surface area contributed by atoms with E-state index in [4.69, 9.17) is 23.2 Å². The SMILES string of the molecule is CCN(CC)C(=O)CN1CN(c2ccccc2)C2(CCN(C(=O)Nc3ccc(Cl)c(Cl)c3)CC2)C1=O. The summed E-state index contributed by atoms with van der Waals surface area (Å²) in [5.41, 5.74) is 0.682. The van der Waals surface area contributed by atoms with E-state index in [0.29, 0.717) is 61.4 Å². The Morgan fingerprint density at radius 3 is 2.28 bits per heavy atom. The molecule has 2 saturated heterocycles. The molecule has 4 rings (SSSR count). The fourth-order valence-electron chi connectivity index (χ4n) is 5.02. The molecule has 0 radical (unpaired) electrons. The summed E-state index contributed by atoms with van der Waals surface area (Å²) in [4.78, 5) is 46.7. The molecule has 2 fully saturated rings. The Morgan fingerprint density at radius 2 is 1.67 bits per heavy atom. The maximum Gasteiger partial charge on any atom is 0.321 e. The van der Waals surface area contributed by atoms with Gasteiger partial charge in [-0.3, -0.25) is 9.59 Å². The third-order valence-corrected chi connectivity index (χ3v) is 7.81. The van der Waals surface area contributed by atoms with Gasteiger partial charge >= 0.3 is 6.03 Å². The lowest BCUT2D eigenvalue weighted by molar-refractivity contribution is -0.140. The van der Waals surface area contributed by atoms with Crippen LogP contribution in [-0.4, -0.2) is 77.5 Å². The highest BCUT2D eigenvalue weighted by Crippen LogP contribution is 2.39. The van der Waals surface area contributed by atoms with Crippen molar-refractivity contribution in [3.63, 3.8) is 0 Å². The lowest BCUT2D eigenvalue weighted by Crippen LogP contribution is -2.58. The lowest BCUT2D eigenvalue weighted by Gasteiger charge is -2.43. The van der Waals surface area contributed by atoms with E-state index in [-0.39, 0.29) is 24.4 Å². The Kier molecular flexibility index (Phi) is 7.95. The van der Waals surface area contributed by atoms with E-state index in [0.717, 1.165) is 5.69 Å². The Balaban J connectivity index is 1.50. The van der Waals surface area contributed by atoms with Gasteiger partial charge in [0.05, 0.1) is 16.7 Å². The number of amides is 4. The number of urea groups is 1. The fraction of sp³-hybridized carbons (Fsp3) is 0.423. The highest BCUT2D eigenvalue weighted by Gasteiger charge is 2.54. The minimum absolute atomic E-state index is 0.0487. The molecule has 2 aromatic carbocycles. The highest BCUT2D eigenvalue weighted by molar-refractivity contribution is 6.42. The normalized spacial score (nSPS) is 17.0. The molecule has 0 atom stereocenters. The number of likely N-dealkylation sites (N-methyl/N-ethyl adjacent to an activating group) is 1. The first-order chi connectivity index (χ1) is 17.3. The Morgan fingerprint density at radius 1 is 1.00 bits per heavy atom. The molecule has 0 bridgehead atoms. The van der Waals surface area contributed by atoms with E-state index in [1.54, 1.807) is 32.9 Å². The second-order valence-corrected chi connectivity index (χ2v) is 9.87. The van der Waals surface area contributed by atoms with Crippen LogP contribution >= 0.6 is 23.2 Å². The summed E-state index contributed by atoms with van der Waals surface area (Å²) in [7, 11) is 0. The summed E-state index contributed by atoms with van der Waals surface area (Å²) in [6.07, 6.45) is 0.928. The number of rotatable bonds is 6. The van der Waals surface area contributed by atoms with Gasteiger partial charge in [0.25, 0.3) is 5.91 Å². The standard InChI is InChI=1S/C26H31Cl2N5O3/c1-3-30(4-2)23(34)17-32-18-33(20-8-6-5-7-9-20)26(24(32)35)12-14-31(15-13-26)25(36)29-19-10-11-21(27)22(28)16-19/h5-11,16H,3-4,12-15,17-18H2,1-2H3,(H,29,36). The molecule has 2 aliphatic heterocycles. The number of carbonyl (C=O) groups excluding carboxylic acids is 3. The van der Waals surface area contributed by atoms with Gasteiger partial charge in [-0.2, -0.15) is 0 Å². The van der Waals surface area contributed by atoms with Crippen molar-refractivity contribution in [3.05, 3.63) is 58.6 Å². The zero-order chi connectivity index (χ0) is 25.9. The predicted octanol–water partition coefficient (Wildman–Crippen LogP) is 4.53. The summed E-state index contributed by atoms with van der Waals surface area (Å²) in [6.45, 7) is 6.27. The molecule has 0 aromatic heterocycles. The fourth-order valence-corrected chi connectivity index (χ4v) is 5.32. The molecule has 2 aliphatic rings. The molecule has 8 nitrogen and oxygen atoms in total. The van der Waals surface area contributed by atoms with Gasteiger partial charge in [0.1, 0.15) is 12.1 Å². The number of carbonyl (C=O) groups is 3. The molecular weight excluding hydrogens is 501 g/mol.